The van der Waals surface area contributed by atoms with Gasteiger partial charge in [-0.2, -0.15) is 0 Å². The standard InChI is InChI=1S/2C4H9.CH3NS2.Zn/c2*1-3-4-2;2-1(3)4;/h2*1,3-4H2,2H3;(H3,2,3,4);/q;;;+1/p-1. The summed E-state index contributed by atoms with van der Waals surface area (Å²) in [5.41, 5.74) is 0. The van der Waals surface area contributed by atoms with Gasteiger partial charge in [-0.3, -0.25) is 0 Å². The van der Waals surface area contributed by atoms with Crippen molar-refractivity contribution in [3.63, 3.8) is 0 Å². The zero-order valence-electron chi connectivity index (χ0n) is 8.81. The predicted octanol–water partition coefficient (Wildman–Crippen LogP) is 3.76. The molecule has 0 saturated heterocycles. The Hall–Kier alpha value is 0.863. The number of unbranched alkanes of at least 4 members (excludes halogenated alkanes) is 2. The first-order valence-corrected chi connectivity index (χ1v) is 12.0. The van der Waals surface area contributed by atoms with E-state index in [1.54, 1.807) is 0 Å². The van der Waals surface area contributed by atoms with Crippen molar-refractivity contribution < 1.29 is 16.2 Å². The Balaban J connectivity index is 3.66. The predicted molar refractivity (Wildman–Crippen MR) is 64.1 cm³/mol. The maximum absolute atomic E-state index is 4.98. The summed E-state index contributed by atoms with van der Waals surface area (Å²) in [5, 5.41) is 2.86. The fourth-order valence-corrected chi connectivity index (χ4v) is 10.9. The van der Waals surface area contributed by atoms with Crippen molar-refractivity contribution in [1.82, 2.24) is 4.06 Å². The van der Waals surface area contributed by atoms with Gasteiger partial charge in [0.15, 0.2) is 0 Å². The van der Waals surface area contributed by atoms with Crippen LogP contribution < -0.4 is 4.06 Å². The molecular weight excluding hydrogens is 252 g/mol. The molecule has 0 aromatic carbocycles. The molecule has 0 radical (unpaired) electrons. The summed E-state index contributed by atoms with van der Waals surface area (Å²) in [6.07, 6.45) is 5.35. The van der Waals surface area contributed by atoms with Gasteiger partial charge in [0.1, 0.15) is 0 Å². The van der Waals surface area contributed by atoms with E-state index in [-0.39, 0.29) is 0 Å². The fraction of sp³-hybridized carbons (Fsp3) is 0.889. The molecule has 0 aliphatic heterocycles. The zero-order valence-corrected chi connectivity index (χ0v) is 13.5. The van der Waals surface area contributed by atoms with E-state index < -0.39 is 16.2 Å². The third kappa shape index (κ3) is 9.17. The Morgan fingerprint density at radius 3 is 2.00 bits per heavy atom. The molecule has 0 aromatic heterocycles. The molecule has 75 valence electrons. The molecule has 0 saturated carbocycles. The van der Waals surface area contributed by atoms with Crippen LogP contribution in [-0.4, -0.2) is 4.32 Å². The number of thiol groups is 1. The van der Waals surface area contributed by atoms with Gasteiger partial charge in [-0.25, -0.2) is 0 Å². The number of rotatable bonds is 7. The molecule has 0 unspecified atom stereocenters. The summed E-state index contributed by atoms with van der Waals surface area (Å²) in [5.74, 6) is 0. The van der Waals surface area contributed by atoms with Crippen LogP contribution in [0.25, 0.3) is 0 Å². The van der Waals surface area contributed by atoms with Crippen LogP contribution in [-0.2, 0) is 16.2 Å². The Kier molecular flexibility index (Phi) is 10.0. The second-order valence-corrected chi connectivity index (χ2v) is 12.2. The monoisotopic (exact) mass is 270 g/mol. The van der Waals surface area contributed by atoms with Crippen LogP contribution in [0.5, 0.6) is 0 Å². The molecule has 0 spiro atoms. The Morgan fingerprint density at radius 1 is 1.23 bits per heavy atom. The van der Waals surface area contributed by atoms with Crippen LogP contribution in [0.4, 0.5) is 0 Å². The molecule has 1 nitrogen and oxygen atoms in total. The van der Waals surface area contributed by atoms with Crippen molar-refractivity contribution in [2.75, 3.05) is 0 Å². The molecule has 0 rings (SSSR count). The molecule has 13 heavy (non-hydrogen) atoms. The van der Waals surface area contributed by atoms with Crippen LogP contribution in [0.15, 0.2) is 0 Å². The van der Waals surface area contributed by atoms with Crippen LogP contribution in [0, 0.1) is 0 Å². The van der Waals surface area contributed by atoms with Gasteiger partial charge in [0, 0.05) is 0 Å². The average Bonchev–Trinajstić information content (AvgIpc) is 2.09. The Bertz CT molecular complexity index is 134. The molecule has 0 aromatic rings. The van der Waals surface area contributed by atoms with Gasteiger partial charge in [0.25, 0.3) is 0 Å². The van der Waals surface area contributed by atoms with Crippen molar-refractivity contribution >= 4 is 29.2 Å². The molecule has 0 atom stereocenters. The van der Waals surface area contributed by atoms with Crippen LogP contribution in [0.1, 0.15) is 39.5 Å². The molecule has 4 heteroatoms. The number of hydrogen-bond donors (Lipinski definition) is 2. The maximum atomic E-state index is 4.98. The van der Waals surface area contributed by atoms with E-state index in [2.05, 4.69) is 30.5 Å². The third-order valence-corrected chi connectivity index (χ3v) is 11.4. The average molecular weight is 272 g/mol. The molecule has 0 aliphatic rings. The first kappa shape index (κ1) is 13.9. The number of hydrogen-bond acceptors (Lipinski definition) is 1. The first-order valence-electron chi connectivity index (χ1n) is 5.45. The molecular formula is C9H20NS2Zn. The Labute approximate surface area is 98.6 Å². The topological polar surface area (TPSA) is 12.0 Å². The third-order valence-electron chi connectivity index (χ3n) is 2.46. The molecule has 0 heterocycles. The van der Waals surface area contributed by atoms with Crippen molar-refractivity contribution in [3.8, 4) is 0 Å². The van der Waals surface area contributed by atoms with Gasteiger partial charge in [-0.15, -0.1) is 0 Å². The summed E-state index contributed by atoms with van der Waals surface area (Å²) in [7, 11) is 0. The molecule has 0 aliphatic carbocycles. The minimum absolute atomic E-state index is 0.729. The van der Waals surface area contributed by atoms with E-state index in [1.807, 2.05) is 0 Å². The van der Waals surface area contributed by atoms with Crippen molar-refractivity contribution in [1.29, 1.82) is 0 Å². The summed E-state index contributed by atoms with van der Waals surface area (Å²) >= 11 is 7.67. The molecule has 0 fully saturated rings. The zero-order chi connectivity index (χ0) is 10.1. The summed E-state index contributed by atoms with van der Waals surface area (Å²) in [4.78, 5) is 0. The van der Waals surface area contributed by atoms with Crippen LogP contribution in [0.2, 0.25) is 10.0 Å². The molecule has 0 bridgehead atoms. The normalized spacial score (nSPS) is 9.77. The second kappa shape index (κ2) is 9.42. The summed E-state index contributed by atoms with van der Waals surface area (Å²) in [6.45, 7) is 4.50. The van der Waals surface area contributed by atoms with Crippen LogP contribution in [0.3, 0.4) is 0 Å². The van der Waals surface area contributed by atoms with E-state index in [1.165, 1.54) is 35.7 Å². The van der Waals surface area contributed by atoms with E-state index in [4.69, 9.17) is 12.2 Å². The first-order chi connectivity index (χ1) is 6.20. The van der Waals surface area contributed by atoms with Gasteiger partial charge in [0.2, 0.25) is 0 Å². The second-order valence-electron chi connectivity index (χ2n) is 3.75. The summed E-state index contributed by atoms with van der Waals surface area (Å²) in [6, 6.07) is 0. The summed E-state index contributed by atoms with van der Waals surface area (Å²) < 4.78 is 4.18. The van der Waals surface area contributed by atoms with Crippen molar-refractivity contribution in [2.24, 2.45) is 0 Å². The van der Waals surface area contributed by atoms with E-state index in [0.717, 1.165) is 4.32 Å². The number of nitrogens with one attached hydrogen (secondary N) is 1. The van der Waals surface area contributed by atoms with Crippen molar-refractivity contribution in [2.45, 2.75) is 49.6 Å². The van der Waals surface area contributed by atoms with Crippen LogP contribution >= 0.6 is 24.8 Å². The molecule has 1 N–H and O–H groups in total. The van der Waals surface area contributed by atoms with E-state index in [9.17, 15) is 0 Å². The van der Waals surface area contributed by atoms with Gasteiger partial charge < -0.3 is 0 Å². The van der Waals surface area contributed by atoms with E-state index >= 15 is 0 Å². The van der Waals surface area contributed by atoms with Gasteiger partial charge >= 0.3 is 99.0 Å². The van der Waals surface area contributed by atoms with Gasteiger partial charge in [-0.1, -0.05) is 0 Å². The van der Waals surface area contributed by atoms with Gasteiger partial charge in [0.05, 0.1) is 0 Å². The quantitative estimate of drug-likeness (QED) is 0.415. The molecule has 0 amide bonds. The van der Waals surface area contributed by atoms with Gasteiger partial charge in [-0.05, 0) is 0 Å². The minimum atomic E-state index is -1.46. The van der Waals surface area contributed by atoms with E-state index in [0.29, 0.717) is 0 Å². The number of thiocarbonyl (C=S) groups is 1. The van der Waals surface area contributed by atoms with Crippen molar-refractivity contribution in [3.05, 3.63) is 0 Å². The SMILES string of the molecule is CCC[CH2][Zn]([CH2]CCC)[NH]C(=S)S. The fourth-order valence-electron chi connectivity index (χ4n) is 1.67. The Morgan fingerprint density at radius 2 is 1.69 bits per heavy atom.